The molecule has 0 aliphatic carbocycles. The molecule has 1 atom stereocenters. The van der Waals surface area contributed by atoms with Crippen molar-refractivity contribution in [3.63, 3.8) is 0 Å². The van der Waals surface area contributed by atoms with Crippen LogP contribution in [-0.2, 0) is 0 Å². The van der Waals surface area contributed by atoms with Gasteiger partial charge in [-0.1, -0.05) is 25.1 Å². The van der Waals surface area contributed by atoms with Crippen LogP contribution in [0.1, 0.15) is 18.4 Å². The molecule has 7 nitrogen and oxygen atoms in total. The number of benzene rings is 2. The fraction of sp³-hybridized carbons (Fsp3) is 0.136. The van der Waals surface area contributed by atoms with Gasteiger partial charge in [0.05, 0.1) is 17.5 Å². The van der Waals surface area contributed by atoms with Crippen molar-refractivity contribution in [3.05, 3.63) is 60.4 Å². The molecule has 0 saturated carbocycles. The summed E-state index contributed by atoms with van der Waals surface area (Å²) in [6.45, 7) is 2.63. The summed E-state index contributed by atoms with van der Waals surface area (Å²) >= 11 is 0. The van der Waals surface area contributed by atoms with Gasteiger partial charge in [-0.2, -0.15) is 4.98 Å². The molecule has 2 aromatic heterocycles. The fourth-order valence-corrected chi connectivity index (χ4v) is 3.69. The van der Waals surface area contributed by atoms with E-state index in [-0.39, 0.29) is 11.9 Å². The normalized spacial score (nSPS) is 15.1. The van der Waals surface area contributed by atoms with Crippen LogP contribution in [0.5, 0.6) is 17.2 Å². The zero-order valence-corrected chi connectivity index (χ0v) is 15.8. The molecular weight excluding hydrogens is 366 g/mol. The van der Waals surface area contributed by atoms with Crippen molar-refractivity contribution in [2.75, 3.05) is 18.1 Å². The summed E-state index contributed by atoms with van der Waals surface area (Å²) in [7, 11) is 0. The Balaban J connectivity index is 1.62. The Morgan fingerprint density at radius 3 is 2.76 bits per heavy atom. The zero-order valence-electron chi connectivity index (χ0n) is 15.8. The maximum Gasteiger partial charge on any atom is 0.222 e. The SMILES string of the molecule is CC1COc2c1c(Oc1cccc(-c3cccnc3)c1)cc1nc(N)nc(N)c21. The molecule has 0 fully saturated rings. The van der Waals surface area contributed by atoms with Crippen LogP contribution < -0.4 is 20.9 Å². The number of pyridine rings is 1. The number of aromatic nitrogens is 3. The number of fused-ring (bicyclic) bond motifs is 3. The van der Waals surface area contributed by atoms with Gasteiger partial charge < -0.3 is 20.9 Å². The van der Waals surface area contributed by atoms with Crippen LogP contribution in [-0.4, -0.2) is 21.6 Å². The Morgan fingerprint density at radius 2 is 1.93 bits per heavy atom. The standard InChI is InChI=1S/C22H19N5O2/c1-12-11-28-20-18(12)17(9-16-19(20)21(23)27-22(24)26-16)29-15-6-2-4-13(8-15)14-5-3-7-25-10-14/h2-10,12H,11H2,1H3,(H4,23,24,26,27). The van der Waals surface area contributed by atoms with Crippen molar-refractivity contribution >= 4 is 22.7 Å². The third-order valence-corrected chi connectivity index (χ3v) is 5.01. The van der Waals surface area contributed by atoms with E-state index < -0.39 is 0 Å². The van der Waals surface area contributed by atoms with Crippen molar-refractivity contribution in [1.29, 1.82) is 0 Å². The Hall–Kier alpha value is -3.87. The molecule has 0 spiro atoms. The highest BCUT2D eigenvalue weighted by atomic mass is 16.5. The average Bonchev–Trinajstić information content (AvgIpc) is 3.10. The molecule has 0 saturated heterocycles. The monoisotopic (exact) mass is 385 g/mol. The summed E-state index contributed by atoms with van der Waals surface area (Å²) in [5.41, 5.74) is 15.5. The summed E-state index contributed by atoms with van der Waals surface area (Å²) in [6.07, 6.45) is 3.58. The second-order valence-corrected chi connectivity index (χ2v) is 7.06. The molecule has 144 valence electrons. The van der Waals surface area contributed by atoms with E-state index in [9.17, 15) is 0 Å². The number of ether oxygens (including phenoxy) is 2. The van der Waals surface area contributed by atoms with E-state index in [1.807, 2.05) is 48.7 Å². The number of nitrogen functional groups attached to an aromatic ring is 2. The lowest BCUT2D eigenvalue weighted by atomic mass is 9.99. The molecule has 0 amide bonds. The Morgan fingerprint density at radius 1 is 1.07 bits per heavy atom. The molecule has 0 radical (unpaired) electrons. The van der Waals surface area contributed by atoms with Gasteiger partial charge in [-0.15, -0.1) is 0 Å². The molecule has 29 heavy (non-hydrogen) atoms. The number of hydrogen-bond donors (Lipinski definition) is 2. The van der Waals surface area contributed by atoms with E-state index in [2.05, 4.69) is 21.9 Å². The highest BCUT2D eigenvalue weighted by molar-refractivity contribution is 5.97. The summed E-state index contributed by atoms with van der Waals surface area (Å²) < 4.78 is 12.2. The van der Waals surface area contributed by atoms with Gasteiger partial charge in [-0.3, -0.25) is 4.98 Å². The maximum atomic E-state index is 6.30. The largest absolute Gasteiger partial charge is 0.492 e. The molecule has 1 aliphatic rings. The number of anilines is 2. The Labute approximate surface area is 167 Å². The van der Waals surface area contributed by atoms with Crippen molar-refractivity contribution in [2.45, 2.75) is 12.8 Å². The topological polar surface area (TPSA) is 109 Å². The van der Waals surface area contributed by atoms with E-state index >= 15 is 0 Å². The van der Waals surface area contributed by atoms with Gasteiger partial charge in [0.1, 0.15) is 23.1 Å². The molecule has 3 heterocycles. The molecule has 4 N–H and O–H groups in total. The first kappa shape index (κ1) is 17.2. The predicted octanol–water partition coefficient (Wildman–Crippen LogP) is 4.14. The maximum absolute atomic E-state index is 6.30. The fourth-order valence-electron chi connectivity index (χ4n) is 3.69. The molecule has 1 unspecified atom stereocenters. The van der Waals surface area contributed by atoms with E-state index in [1.165, 1.54) is 0 Å². The van der Waals surface area contributed by atoms with Crippen molar-refractivity contribution in [1.82, 2.24) is 15.0 Å². The highest BCUT2D eigenvalue weighted by Crippen LogP contribution is 2.48. The minimum Gasteiger partial charge on any atom is -0.492 e. The summed E-state index contributed by atoms with van der Waals surface area (Å²) in [5, 5.41) is 0.676. The van der Waals surface area contributed by atoms with Gasteiger partial charge in [-0.25, -0.2) is 4.98 Å². The second-order valence-electron chi connectivity index (χ2n) is 7.06. The van der Waals surface area contributed by atoms with E-state index in [0.717, 1.165) is 16.7 Å². The van der Waals surface area contributed by atoms with Crippen LogP contribution in [0.15, 0.2) is 54.9 Å². The summed E-state index contributed by atoms with van der Waals surface area (Å²) in [6, 6.07) is 13.7. The zero-order chi connectivity index (χ0) is 20.0. The minimum atomic E-state index is 0.116. The van der Waals surface area contributed by atoms with Crippen molar-refractivity contribution < 1.29 is 9.47 Å². The molecule has 4 aromatic rings. The van der Waals surface area contributed by atoms with Gasteiger partial charge in [0.2, 0.25) is 5.95 Å². The van der Waals surface area contributed by atoms with Gasteiger partial charge >= 0.3 is 0 Å². The Bertz CT molecular complexity index is 1230. The first-order chi connectivity index (χ1) is 14.1. The molecule has 5 rings (SSSR count). The van der Waals surface area contributed by atoms with Gasteiger partial charge in [0.15, 0.2) is 0 Å². The van der Waals surface area contributed by atoms with Crippen LogP contribution in [0.2, 0.25) is 0 Å². The van der Waals surface area contributed by atoms with Crippen molar-refractivity contribution in [3.8, 4) is 28.4 Å². The number of rotatable bonds is 3. The first-order valence-electron chi connectivity index (χ1n) is 9.31. The van der Waals surface area contributed by atoms with E-state index in [0.29, 0.717) is 40.6 Å². The second kappa shape index (κ2) is 6.63. The van der Waals surface area contributed by atoms with Crippen LogP contribution in [0.4, 0.5) is 11.8 Å². The third kappa shape index (κ3) is 2.97. The lowest BCUT2D eigenvalue weighted by Gasteiger charge is -2.15. The summed E-state index contributed by atoms with van der Waals surface area (Å²) in [4.78, 5) is 12.6. The lowest BCUT2D eigenvalue weighted by Crippen LogP contribution is -2.02. The van der Waals surface area contributed by atoms with E-state index in [1.54, 1.807) is 6.20 Å². The molecule has 2 aromatic carbocycles. The van der Waals surface area contributed by atoms with Crippen LogP contribution in [0.25, 0.3) is 22.0 Å². The van der Waals surface area contributed by atoms with Crippen LogP contribution in [0, 0.1) is 0 Å². The molecule has 7 heteroatoms. The van der Waals surface area contributed by atoms with E-state index in [4.69, 9.17) is 20.9 Å². The third-order valence-electron chi connectivity index (χ3n) is 5.01. The minimum absolute atomic E-state index is 0.116. The summed E-state index contributed by atoms with van der Waals surface area (Å²) in [5.74, 6) is 2.64. The number of nitrogens with two attached hydrogens (primary N) is 2. The van der Waals surface area contributed by atoms with Crippen LogP contribution in [0.3, 0.4) is 0 Å². The van der Waals surface area contributed by atoms with Gasteiger partial charge in [0.25, 0.3) is 0 Å². The van der Waals surface area contributed by atoms with Gasteiger partial charge in [-0.05, 0) is 23.8 Å². The quantitative estimate of drug-likeness (QED) is 0.545. The average molecular weight is 385 g/mol. The number of nitrogens with zero attached hydrogens (tertiary/aromatic N) is 3. The number of hydrogen-bond acceptors (Lipinski definition) is 7. The molecular formula is C22H19N5O2. The Kier molecular flexibility index (Phi) is 3.94. The molecule has 1 aliphatic heterocycles. The first-order valence-corrected chi connectivity index (χ1v) is 9.31. The van der Waals surface area contributed by atoms with Crippen molar-refractivity contribution in [2.24, 2.45) is 0 Å². The highest BCUT2D eigenvalue weighted by Gasteiger charge is 2.29. The predicted molar refractivity (Wildman–Crippen MR) is 112 cm³/mol. The smallest absolute Gasteiger partial charge is 0.222 e. The lowest BCUT2D eigenvalue weighted by molar-refractivity contribution is 0.340. The molecule has 0 bridgehead atoms. The van der Waals surface area contributed by atoms with Crippen LogP contribution >= 0.6 is 0 Å². The van der Waals surface area contributed by atoms with Gasteiger partial charge in [0, 0.05) is 35.5 Å².